The molecule has 1 fully saturated rings. The Balaban J connectivity index is 1.56. The molecule has 9 heteroatoms. The lowest BCUT2D eigenvalue weighted by molar-refractivity contribution is -0.116. The summed E-state index contributed by atoms with van der Waals surface area (Å²) < 4.78 is 28.8. The second-order valence-corrected chi connectivity index (χ2v) is 8.57. The highest BCUT2D eigenvalue weighted by Gasteiger charge is 2.39. The average molecular weight is 401 g/mol. The molecule has 148 valence electrons. The predicted molar refractivity (Wildman–Crippen MR) is 106 cm³/mol. The zero-order chi connectivity index (χ0) is 20.2. The van der Waals surface area contributed by atoms with Crippen molar-refractivity contribution in [2.24, 2.45) is 14.6 Å². The predicted octanol–water partition coefficient (Wildman–Crippen LogP) is 2.79. The van der Waals surface area contributed by atoms with E-state index in [1.54, 1.807) is 12.1 Å². The van der Waals surface area contributed by atoms with E-state index in [1.807, 2.05) is 11.9 Å². The normalized spacial score (nSPS) is 18.9. The van der Waals surface area contributed by atoms with Gasteiger partial charge in [-0.25, -0.2) is 0 Å². The van der Waals surface area contributed by atoms with Crippen LogP contribution in [0.1, 0.15) is 38.5 Å². The number of anilines is 1. The highest BCUT2D eigenvalue weighted by molar-refractivity contribution is 7.90. The van der Waals surface area contributed by atoms with Gasteiger partial charge in [0, 0.05) is 51.4 Å². The van der Waals surface area contributed by atoms with Gasteiger partial charge in [0.05, 0.1) is 4.90 Å². The lowest BCUT2D eigenvalue weighted by Gasteiger charge is -2.11. The molecule has 0 aromatic heterocycles. The third-order valence-corrected chi connectivity index (χ3v) is 6.12. The maximum Gasteiger partial charge on any atom is 0.283 e. The van der Waals surface area contributed by atoms with E-state index < -0.39 is 15.7 Å². The number of nitrogens with zero attached hydrogens (tertiary/aromatic N) is 4. The van der Waals surface area contributed by atoms with Crippen molar-refractivity contribution in [3.63, 3.8) is 0 Å². The van der Waals surface area contributed by atoms with Crippen molar-refractivity contribution in [2.75, 3.05) is 18.9 Å². The Labute approximate surface area is 165 Å². The van der Waals surface area contributed by atoms with Gasteiger partial charge in [0.1, 0.15) is 5.84 Å². The Hall–Kier alpha value is -2.73. The van der Waals surface area contributed by atoms with Gasteiger partial charge in [0.15, 0.2) is 5.66 Å². The summed E-state index contributed by atoms with van der Waals surface area (Å²) in [5, 5.41) is 10.8. The molecule has 1 aromatic rings. The van der Waals surface area contributed by atoms with Crippen LogP contribution >= 0.6 is 0 Å². The molecule has 2 heterocycles. The van der Waals surface area contributed by atoms with Crippen molar-refractivity contribution in [1.29, 1.82) is 0 Å². The fraction of sp³-hybridized carbons (Fsp3) is 0.474. The van der Waals surface area contributed by atoms with Crippen molar-refractivity contribution in [1.82, 2.24) is 4.90 Å². The van der Waals surface area contributed by atoms with Crippen molar-refractivity contribution < 1.29 is 13.2 Å². The summed E-state index contributed by atoms with van der Waals surface area (Å²) in [5.74, 6) is 2.95. The first kappa shape index (κ1) is 20.0. The third kappa shape index (κ3) is 4.95. The molecule has 1 aromatic carbocycles. The van der Waals surface area contributed by atoms with Gasteiger partial charge >= 0.3 is 0 Å². The summed E-state index contributed by atoms with van der Waals surface area (Å²) in [6, 6.07) is 6.01. The fourth-order valence-electron chi connectivity index (χ4n) is 3.02. The molecule has 0 atom stereocenters. The van der Waals surface area contributed by atoms with Crippen LogP contribution in [0, 0.1) is 12.3 Å². The molecule has 2 aliphatic heterocycles. The zero-order valence-corrected chi connectivity index (χ0v) is 16.6. The molecular weight excluding hydrogens is 378 g/mol. The number of carbonyl (C=O) groups is 1. The van der Waals surface area contributed by atoms with Crippen molar-refractivity contribution in [3.8, 4) is 12.3 Å². The van der Waals surface area contributed by atoms with Gasteiger partial charge in [0.25, 0.3) is 10.0 Å². The van der Waals surface area contributed by atoms with E-state index in [0.717, 1.165) is 13.0 Å². The number of likely N-dealkylation sites (tertiary alicyclic amines) is 1. The van der Waals surface area contributed by atoms with E-state index in [1.165, 1.54) is 12.1 Å². The standard InChI is InChI=1S/C19H23N5O3S/c1-3-4-12-19(22-23-19)13-11-18(25)20-15-7-9-16(10-8-15)28(26,27)21-17-6-5-14-24(17)2/h1,7-10H,4-6,11-14H2,2H3,(H,20,25)/b21-17-. The first-order valence-electron chi connectivity index (χ1n) is 9.16. The Morgan fingerprint density at radius 2 is 2.04 bits per heavy atom. The number of hydrogen-bond donors (Lipinski definition) is 1. The minimum atomic E-state index is -3.76. The molecular formula is C19H23N5O3S. The lowest BCUT2D eigenvalue weighted by Crippen LogP contribution is -2.20. The molecule has 0 bridgehead atoms. The van der Waals surface area contributed by atoms with Crippen LogP contribution in [0.15, 0.2) is 43.8 Å². The van der Waals surface area contributed by atoms with Crippen molar-refractivity contribution >= 4 is 27.5 Å². The number of hydrogen-bond acceptors (Lipinski definition) is 5. The monoisotopic (exact) mass is 401 g/mol. The van der Waals surface area contributed by atoms with Gasteiger partial charge in [-0.15, -0.1) is 16.7 Å². The number of nitrogens with one attached hydrogen (secondary N) is 1. The molecule has 1 saturated heterocycles. The van der Waals surface area contributed by atoms with Gasteiger partial charge in [-0.05, 0) is 30.7 Å². The summed E-state index contributed by atoms with van der Waals surface area (Å²) in [6.07, 6.45) is 8.81. The highest BCUT2D eigenvalue weighted by Crippen LogP contribution is 2.37. The summed E-state index contributed by atoms with van der Waals surface area (Å²) in [4.78, 5) is 14.1. The first-order valence-corrected chi connectivity index (χ1v) is 10.6. The third-order valence-electron chi connectivity index (χ3n) is 4.80. The van der Waals surface area contributed by atoms with E-state index in [9.17, 15) is 13.2 Å². The summed E-state index contributed by atoms with van der Waals surface area (Å²) in [5.41, 5.74) is 0.0331. The van der Waals surface area contributed by atoms with Gasteiger partial charge in [-0.1, -0.05) is 0 Å². The highest BCUT2D eigenvalue weighted by atomic mass is 32.2. The molecule has 0 spiro atoms. The largest absolute Gasteiger partial charge is 0.362 e. The molecule has 0 unspecified atom stereocenters. The molecule has 8 nitrogen and oxygen atoms in total. The molecule has 0 radical (unpaired) electrons. The summed E-state index contributed by atoms with van der Waals surface area (Å²) in [6.45, 7) is 0.809. The number of carbonyl (C=O) groups excluding carboxylic acids is 1. The molecule has 1 N–H and O–H groups in total. The van der Waals surface area contributed by atoms with Crippen LogP contribution in [0.3, 0.4) is 0 Å². The van der Waals surface area contributed by atoms with E-state index in [2.05, 4.69) is 25.9 Å². The molecule has 28 heavy (non-hydrogen) atoms. The number of sulfonamides is 1. The minimum absolute atomic E-state index is 0.0992. The second kappa shape index (κ2) is 8.10. The SMILES string of the molecule is C#CCCC1(CCC(=O)Nc2ccc(S(=O)(=O)/N=C3/CCCN3C)cc2)N=N1. The van der Waals surface area contributed by atoms with E-state index >= 15 is 0 Å². The van der Waals surface area contributed by atoms with Gasteiger partial charge < -0.3 is 10.2 Å². The van der Waals surface area contributed by atoms with Gasteiger partial charge in [0.2, 0.25) is 5.91 Å². The molecule has 3 rings (SSSR count). The van der Waals surface area contributed by atoms with Gasteiger partial charge in [-0.3, -0.25) is 4.79 Å². The lowest BCUT2D eigenvalue weighted by atomic mass is 10.0. The molecule has 0 aliphatic carbocycles. The van der Waals surface area contributed by atoms with Crippen LogP contribution in [0.4, 0.5) is 5.69 Å². The maximum absolute atomic E-state index is 12.4. The first-order chi connectivity index (χ1) is 13.3. The topological polar surface area (TPSA) is 104 Å². The number of amidine groups is 1. The minimum Gasteiger partial charge on any atom is -0.362 e. The van der Waals surface area contributed by atoms with Crippen LogP contribution in [0.5, 0.6) is 0 Å². The van der Waals surface area contributed by atoms with Crippen LogP contribution < -0.4 is 5.32 Å². The van der Waals surface area contributed by atoms with E-state index in [0.29, 0.717) is 37.2 Å². The Bertz CT molecular complexity index is 939. The van der Waals surface area contributed by atoms with Crippen LogP contribution in [0.2, 0.25) is 0 Å². The number of rotatable bonds is 8. The van der Waals surface area contributed by atoms with Crippen LogP contribution in [-0.2, 0) is 14.8 Å². The molecule has 2 aliphatic rings. The Morgan fingerprint density at radius 3 is 2.61 bits per heavy atom. The maximum atomic E-state index is 12.4. The van der Waals surface area contributed by atoms with Crippen LogP contribution in [-0.4, -0.2) is 44.3 Å². The molecule has 0 saturated carbocycles. The number of amides is 1. The van der Waals surface area contributed by atoms with Crippen molar-refractivity contribution in [3.05, 3.63) is 24.3 Å². The average Bonchev–Trinajstić information content (AvgIpc) is 3.34. The van der Waals surface area contributed by atoms with E-state index in [-0.39, 0.29) is 17.2 Å². The fourth-order valence-corrected chi connectivity index (χ4v) is 4.11. The Kier molecular flexibility index (Phi) is 5.79. The molecule has 1 amide bonds. The summed E-state index contributed by atoms with van der Waals surface area (Å²) in [7, 11) is -1.93. The second-order valence-electron chi connectivity index (χ2n) is 6.97. The van der Waals surface area contributed by atoms with E-state index in [4.69, 9.17) is 6.42 Å². The van der Waals surface area contributed by atoms with Crippen LogP contribution in [0.25, 0.3) is 0 Å². The van der Waals surface area contributed by atoms with Gasteiger partial charge in [-0.2, -0.15) is 18.6 Å². The Morgan fingerprint density at radius 1 is 1.32 bits per heavy atom. The zero-order valence-electron chi connectivity index (χ0n) is 15.8. The quantitative estimate of drug-likeness (QED) is 0.676. The number of terminal acetylenes is 1. The smallest absolute Gasteiger partial charge is 0.283 e. The van der Waals surface area contributed by atoms with Crippen molar-refractivity contribution in [2.45, 2.75) is 49.1 Å². The number of benzene rings is 1. The summed E-state index contributed by atoms with van der Waals surface area (Å²) >= 11 is 0.